The lowest BCUT2D eigenvalue weighted by Crippen LogP contribution is -2.37. The van der Waals surface area contributed by atoms with Crippen LogP contribution in [0.1, 0.15) is 18.4 Å². The standard InChI is InChI=1S/C14H16N2O2/c15-7-3-4-8-16-14(17)12-9-11-5-1-2-6-13(11)18-10-12/h1-2,5-6,12H,3-4,8-10H2,(H,16,17). The van der Waals surface area contributed by atoms with Gasteiger partial charge >= 0.3 is 0 Å². The summed E-state index contributed by atoms with van der Waals surface area (Å²) in [7, 11) is 0. The molecule has 0 bridgehead atoms. The number of hydrogen-bond donors (Lipinski definition) is 1. The van der Waals surface area contributed by atoms with Crippen molar-refractivity contribution in [2.45, 2.75) is 19.3 Å². The lowest BCUT2D eigenvalue weighted by Gasteiger charge is -2.24. The molecular formula is C14H16N2O2. The third-order valence-corrected chi connectivity index (χ3v) is 3.01. The van der Waals surface area contributed by atoms with Crippen LogP contribution in [-0.4, -0.2) is 19.1 Å². The monoisotopic (exact) mass is 244 g/mol. The fourth-order valence-corrected chi connectivity index (χ4v) is 2.02. The predicted molar refractivity (Wildman–Crippen MR) is 67.0 cm³/mol. The molecule has 18 heavy (non-hydrogen) atoms. The number of nitriles is 1. The zero-order chi connectivity index (χ0) is 12.8. The molecule has 1 aliphatic heterocycles. The van der Waals surface area contributed by atoms with Crippen LogP contribution < -0.4 is 10.1 Å². The Labute approximate surface area is 107 Å². The first-order chi connectivity index (χ1) is 8.81. The second kappa shape index (κ2) is 6.06. The van der Waals surface area contributed by atoms with E-state index in [1.54, 1.807) is 0 Å². The zero-order valence-corrected chi connectivity index (χ0v) is 10.2. The molecule has 0 spiro atoms. The van der Waals surface area contributed by atoms with Crippen molar-refractivity contribution < 1.29 is 9.53 Å². The Morgan fingerprint density at radius 3 is 3.17 bits per heavy atom. The number of hydrogen-bond acceptors (Lipinski definition) is 3. The zero-order valence-electron chi connectivity index (χ0n) is 10.2. The van der Waals surface area contributed by atoms with Gasteiger partial charge in [0, 0.05) is 13.0 Å². The van der Waals surface area contributed by atoms with Gasteiger partial charge in [-0.05, 0) is 24.5 Å². The number of benzene rings is 1. The van der Waals surface area contributed by atoms with Crippen LogP contribution in [0.15, 0.2) is 24.3 Å². The lowest BCUT2D eigenvalue weighted by atomic mass is 9.96. The predicted octanol–water partition coefficient (Wildman–Crippen LogP) is 1.66. The summed E-state index contributed by atoms with van der Waals surface area (Å²) in [4.78, 5) is 11.9. The van der Waals surface area contributed by atoms with E-state index in [4.69, 9.17) is 10.00 Å². The summed E-state index contributed by atoms with van der Waals surface area (Å²) in [5, 5.41) is 11.3. The van der Waals surface area contributed by atoms with Crippen molar-refractivity contribution in [2.75, 3.05) is 13.2 Å². The van der Waals surface area contributed by atoms with E-state index in [0.717, 1.165) is 17.7 Å². The molecule has 1 amide bonds. The van der Waals surface area contributed by atoms with Crippen LogP contribution >= 0.6 is 0 Å². The molecule has 1 aromatic carbocycles. The third-order valence-electron chi connectivity index (χ3n) is 3.01. The average Bonchev–Trinajstić information content (AvgIpc) is 2.43. The third kappa shape index (κ3) is 3.01. The molecule has 0 aromatic heterocycles. The van der Waals surface area contributed by atoms with E-state index >= 15 is 0 Å². The van der Waals surface area contributed by atoms with Crippen LogP contribution in [0, 0.1) is 17.2 Å². The smallest absolute Gasteiger partial charge is 0.226 e. The number of amides is 1. The number of unbranched alkanes of at least 4 members (excludes halogenated alkanes) is 1. The van der Waals surface area contributed by atoms with Gasteiger partial charge in [0.2, 0.25) is 5.91 Å². The Kier molecular flexibility index (Phi) is 4.19. The second-order valence-corrected chi connectivity index (χ2v) is 4.37. The van der Waals surface area contributed by atoms with E-state index in [9.17, 15) is 4.79 Å². The highest BCUT2D eigenvalue weighted by atomic mass is 16.5. The van der Waals surface area contributed by atoms with Crippen molar-refractivity contribution in [3.05, 3.63) is 29.8 Å². The number of ether oxygens (including phenoxy) is 1. The van der Waals surface area contributed by atoms with E-state index in [-0.39, 0.29) is 11.8 Å². The van der Waals surface area contributed by atoms with E-state index in [2.05, 4.69) is 11.4 Å². The van der Waals surface area contributed by atoms with Crippen LogP contribution in [0.5, 0.6) is 5.75 Å². The lowest BCUT2D eigenvalue weighted by molar-refractivity contribution is -0.126. The summed E-state index contributed by atoms with van der Waals surface area (Å²) in [6.45, 7) is 0.992. The number of carbonyl (C=O) groups excluding carboxylic acids is 1. The quantitative estimate of drug-likeness (QED) is 0.819. The van der Waals surface area contributed by atoms with Gasteiger partial charge in [-0.1, -0.05) is 18.2 Å². The summed E-state index contributed by atoms with van der Waals surface area (Å²) < 4.78 is 5.57. The maximum absolute atomic E-state index is 11.9. The van der Waals surface area contributed by atoms with Gasteiger partial charge in [-0.25, -0.2) is 0 Å². The van der Waals surface area contributed by atoms with Crippen LogP contribution in [-0.2, 0) is 11.2 Å². The molecule has 1 heterocycles. The molecule has 1 N–H and O–H groups in total. The molecule has 0 saturated carbocycles. The van der Waals surface area contributed by atoms with Gasteiger partial charge < -0.3 is 10.1 Å². The number of carbonyl (C=O) groups is 1. The van der Waals surface area contributed by atoms with Crippen molar-refractivity contribution in [1.29, 1.82) is 5.26 Å². The van der Waals surface area contributed by atoms with Crippen LogP contribution in [0.3, 0.4) is 0 Å². The minimum Gasteiger partial charge on any atom is -0.492 e. The summed E-state index contributed by atoms with van der Waals surface area (Å²) in [6, 6.07) is 9.86. The Balaban J connectivity index is 1.85. The van der Waals surface area contributed by atoms with Crippen LogP contribution in [0.2, 0.25) is 0 Å². The first-order valence-corrected chi connectivity index (χ1v) is 6.16. The molecule has 2 rings (SSSR count). The fourth-order valence-electron chi connectivity index (χ4n) is 2.02. The minimum atomic E-state index is -0.123. The van der Waals surface area contributed by atoms with E-state index in [1.807, 2.05) is 24.3 Å². The van der Waals surface area contributed by atoms with Gasteiger partial charge in [0.25, 0.3) is 0 Å². The number of nitrogens with zero attached hydrogens (tertiary/aromatic N) is 1. The van der Waals surface area contributed by atoms with Crippen molar-refractivity contribution in [3.63, 3.8) is 0 Å². The van der Waals surface area contributed by atoms with Gasteiger partial charge in [0.15, 0.2) is 0 Å². The summed E-state index contributed by atoms with van der Waals surface area (Å²) >= 11 is 0. The van der Waals surface area contributed by atoms with Gasteiger partial charge in [-0.15, -0.1) is 0 Å². The molecule has 0 fully saturated rings. The molecule has 1 aliphatic rings. The molecule has 1 unspecified atom stereocenters. The molecule has 4 nitrogen and oxygen atoms in total. The SMILES string of the molecule is N#CCCCNC(=O)C1COc2ccccc2C1. The van der Waals surface area contributed by atoms with Gasteiger partial charge in [-0.2, -0.15) is 5.26 Å². The number of rotatable bonds is 4. The van der Waals surface area contributed by atoms with E-state index in [1.165, 1.54) is 0 Å². The Morgan fingerprint density at radius 1 is 1.50 bits per heavy atom. The molecule has 1 aromatic rings. The van der Waals surface area contributed by atoms with Crippen LogP contribution in [0.4, 0.5) is 0 Å². The highest BCUT2D eigenvalue weighted by Crippen LogP contribution is 2.26. The first-order valence-electron chi connectivity index (χ1n) is 6.16. The van der Waals surface area contributed by atoms with E-state index < -0.39 is 0 Å². The normalized spacial score (nSPS) is 17.2. The molecule has 0 saturated heterocycles. The maximum Gasteiger partial charge on any atom is 0.226 e. The highest BCUT2D eigenvalue weighted by Gasteiger charge is 2.25. The van der Waals surface area contributed by atoms with Gasteiger partial charge in [0.1, 0.15) is 12.4 Å². The fraction of sp³-hybridized carbons (Fsp3) is 0.429. The topological polar surface area (TPSA) is 62.1 Å². The number of nitrogens with one attached hydrogen (secondary N) is 1. The minimum absolute atomic E-state index is 0.0162. The molecule has 0 aliphatic carbocycles. The highest BCUT2D eigenvalue weighted by molar-refractivity contribution is 5.79. The van der Waals surface area contributed by atoms with E-state index in [0.29, 0.717) is 26.0 Å². The average molecular weight is 244 g/mol. The van der Waals surface area contributed by atoms with Gasteiger partial charge in [0.05, 0.1) is 12.0 Å². The van der Waals surface area contributed by atoms with Gasteiger partial charge in [-0.3, -0.25) is 4.79 Å². The second-order valence-electron chi connectivity index (χ2n) is 4.37. The largest absolute Gasteiger partial charge is 0.492 e. The Morgan fingerprint density at radius 2 is 2.33 bits per heavy atom. The molecule has 94 valence electrons. The summed E-state index contributed by atoms with van der Waals surface area (Å²) in [5.74, 6) is 0.774. The van der Waals surface area contributed by atoms with Crippen molar-refractivity contribution in [2.24, 2.45) is 5.92 Å². The molecule has 4 heteroatoms. The van der Waals surface area contributed by atoms with Crippen molar-refractivity contribution >= 4 is 5.91 Å². The van der Waals surface area contributed by atoms with Crippen LogP contribution in [0.25, 0.3) is 0 Å². The first kappa shape index (κ1) is 12.4. The number of para-hydroxylation sites is 1. The molecular weight excluding hydrogens is 228 g/mol. The van der Waals surface area contributed by atoms with Crippen molar-refractivity contribution in [3.8, 4) is 11.8 Å². The maximum atomic E-state index is 11.9. The van der Waals surface area contributed by atoms with Crippen molar-refractivity contribution in [1.82, 2.24) is 5.32 Å². The number of fused-ring (bicyclic) bond motifs is 1. The summed E-state index contributed by atoms with van der Waals surface area (Å²) in [6.07, 6.45) is 1.90. The summed E-state index contributed by atoms with van der Waals surface area (Å²) in [5.41, 5.74) is 1.08. The molecule has 1 atom stereocenters. The Bertz CT molecular complexity index is 465. The Hall–Kier alpha value is -2.02. The molecule has 0 radical (unpaired) electrons.